The summed E-state index contributed by atoms with van der Waals surface area (Å²) in [5, 5.41) is 3.17. The molecule has 0 spiro atoms. The van der Waals surface area contributed by atoms with E-state index >= 15 is 0 Å². The maximum atomic E-state index is 13.0. The van der Waals surface area contributed by atoms with E-state index in [1.807, 2.05) is 25.2 Å². The standard InChI is InChI=1S/C21H27FN2O/c1-16(2)13-20(18-7-5-4-6-8-18)23-21(25)15-24(3)14-17-9-11-19(22)12-10-17/h4-12,16,20H,13-15H2,1-3H3,(H,23,25)/p+1/t20-/m1/s1. The minimum atomic E-state index is -0.237. The van der Waals surface area contributed by atoms with Crippen LogP contribution in [-0.4, -0.2) is 19.5 Å². The molecule has 0 aliphatic rings. The summed E-state index contributed by atoms with van der Waals surface area (Å²) in [4.78, 5) is 13.5. The van der Waals surface area contributed by atoms with E-state index in [1.165, 1.54) is 12.1 Å². The summed E-state index contributed by atoms with van der Waals surface area (Å²) in [5.41, 5.74) is 2.16. The fourth-order valence-electron chi connectivity index (χ4n) is 2.97. The summed E-state index contributed by atoms with van der Waals surface area (Å²) in [6, 6.07) is 16.6. The van der Waals surface area contributed by atoms with E-state index in [0.29, 0.717) is 19.0 Å². The molecule has 2 aromatic rings. The van der Waals surface area contributed by atoms with Gasteiger partial charge in [0.15, 0.2) is 6.54 Å². The lowest BCUT2D eigenvalue weighted by atomic mass is 9.97. The molecule has 4 heteroatoms. The van der Waals surface area contributed by atoms with E-state index in [2.05, 4.69) is 31.3 Å². The molecular formula is C21H28FN2O+. The van der Waals surface area contributed by atoms with Gasteiger partial charge in [0.05, 0.1) is 13.1 Å². The number of quaternary nitrogens is 1. The van der Waals surface area contributed by atoms with Crippen molar-refractivity contribution in [3.05, 3.63) is 71.5 Å². The molecule has 2 atom stereocenters. The first kappa shape index (κ1) is 19.1. The lowest BCUT2D eigenvalue weighted by molar-refractivity contribution is -0.885. The van der Waals surface area contributed by atoms with Crippen LogP contribution < -0.4 is 10.2 Å². The SMILES string of the molecule is CC(C)C[C@@H](NC(=O)C[NH+](C)Cc1ccc(F)cc1)c1ccccc1. The molecule has 2 rings (SSSR count). The highest BCUT2D eigenvalue weighted by Crippen LogP contribution is 2.20. The summed E-state index contributed by atoms with van der Waals surface area (Å²) >= 11 is 0. The first-order valence-electron chi connectivity index (χ1n) is 8.84. The highest BCUT2D eigenvalue weighted by molar-refractivity contribution is 5.77. The number of nitrogens with one attached hydrogen (secondary N) is 2. The van der Waals surface area contributed by atoms with E-state index in [4.69, 9.17) is 0 Å². The normalized spacial score (nSPS) is 13.5. The van der Waals surface area contributed by atoms with Crippen molar-refractivity contribution >= 4 is 5.91 Å². The van der Waals surface area contributed by atoms with Gasteiger partial charge in [-0.3, -0.25) is 4.79 Å². The van der Waals surface area contributed by atoms with Crippen LogP contribution in [0.4, 0.5) is 4.39 Å². The minimum absolute atomic E-state index is 0.0346. The zero-order valence-electron chi connectivity index (χ0n) is 15.3. The van der Waals surface area contributed by atoms with Crippen LogP contribution in [0.25, 0.3) is 0 Å². The summed E-state index contributed by atoms with van der Waals surface area (Å²) in [6.07, 6.45) is 0.909. The van der Waals surface area contributed by atoms with E-state index < -0.39 is 0 Å². The Bertz CT molecular complexity index is 655. The second kappa shape index (κ2) is 9.33. The van der Waals surface area contributed by atoms with Crippen LogP contribution in [0.5, 0.6) is 0 Å². The molecule has 0 bridgehead atoms. The summed E-state index contributed by atoms with van der Waals surface area (Å²) in [6.45, 7) is 5.40. The average molecular weight is 343 g/mol. The van der Waals surface area contributed by atoms with Crippen LogP contribution in [0.3, 0.4) is 0 Å². The molecule has 3 nitrogen and oxygen atoms in total. The number of benzene rings is 2. The molecule has 0 saturated carbocycles. The molecule has 2 N–H and O–H groups in total. The predicted octanol–water partition coefficient (Wildman–Crippen LogP) is 2.74. The molecule has 0 aliphatic heterocycles. The molecule has 0 fully saturated rings. The van der Waals surface area contributed by atoms with Crippen molar-refractivity contribution in [2.75, 3.05) is 13.6 Å². The Morgan fingerprint density at radius 1 is 1.08 bits per heavy atom. The molecule has 134 valence electrons. The van der Waals surface area contributed by atoms with Gasteiger partial charge in [0.1, 0.15) is 12.4 Å². The van der Waals surface area contributed by atoms with E-state index in [1.54, 1.807) is 12.1 Å². The van der Waals surface area contributed by atoms with Crippen LogP contribution in [0, 0.1) is 11.7 Å². The van der Waals surface area contributed by atoms with Crippen molar-refractivity contribution in [2.45, 2.75) is 32.9 Å². The van der Waals surface area contributed by atoms with Crippen molar-refractivity contribution in [3.8, 4) is 0 Å². The van der Waals surface area contributed by atoms with Crippen LogP contribution in [0.15, 0.2) is 54.6 Å². The zero-order chi connectivity index (χ0) is 18.2. The van der Waals surface area contributed by atoms with Crippen LogP contribution >= 0.6 is 0 Å². The van der Waals surface area contributed by atoms with E-state index in [-0.39, 0.29) is 17.8 Å². The molecule has 1 amide bonds. The van der Waals surface area contributed by atoms with Crippen LogP contribution in [0.1, 0.15) is 37.4 Å². The van der Waals surface area contributed by atoms with Gasteiger partial charge < -0.3 is 10.2 Å². The molecule has 0 heterocycles. The molecular weight excluding hydrogens is 315 g/mol. The smallest absolute Gasteiger partial charge is 0.275 e. The second-order valence-electron chi connectivity index (χ2n) is 7.10. The Labute approximate surface area is 149 Å². The van der Waals surface area contributed by atoms with Crippen LogP contribution in [-0.2, 0) is 11.3 Å². The Morgan fingerprint density at radius 2 is 1.72 bits per heavy atom. The number of carbonyl (C=O) groups excluding carboxylic acids is 1. The van der Waals surface area contributed by atoms with Crippen molar-refractivity contribution in [3.63, 3.8) is 0 Å². The molecule has 2 aromatic carbocycles. The largest absolute Gasteiger partial charge is 0.344 e. The lowest BCUT2D eigenvalue weighted by Crippen LogP contribution is -3.08. The van der Waals surface area contributed by atoms with Crippen molar-refractivity contribution in [1.29, 1.82) is 0 Å². The summed E-state index contributed by atoms with van der Waals surface area (Å²) in [7, 11) is 1.98. The highest BCUT2D eigenvalue weighted by atomic mass is 19.1. The molecule has 0 aliphatic carbocycles. The van der Waals surface area contributed by atoms with Gasteiger partial charge in [-0.05, 0) is 30.0 Å². The minimum Gasteiger partial charge on any atom is -0.344 e. The lowest BCUT2D eigenvalue weighted by Gasteiger charge is -2.22. The molecule has 1 unspecified atom stereocenters. The molecule has 0 aromatic heterocycles. The number of halogens is 1. The number of rotatable bonds is 8. The first-order chi connectivity index (χ1) is 11.9. The van der Waals surface area contributed by atoms with E-state index in [9.17, 15) is 9.18 Å². The molecule has 25 heavy (non-hydrogen) atoms. The Balaban J connectivity index is 1.92. The number of amides is 1. The van der Waals surface area contributed by atoms with Gasteiger partial charge >= 0.3 is 0 Å². The molecule has 0 saturated heterocycles. The van der Waals surface area contributed by atoms with Gasteiger partial charge in [-0.1, -0.05) is 56.3 Å². The Morgan fingerprint density at radius 3 is 2.32 bits per heavy atom. The third-order valence-electron chi connectivity index (χ3n) is 4.13. The Hall–Kier alpha value is -2.20. The van der Waals surface area contributed by atoms with Crippen molar-refractivity contribution in [1.82, 2.24) is 5.32 Å². The molecule has 0 radical (unpaired) electrons. The fraction of sp³-hybridized carbons (Fsp3) is 0.381. The summed E-state index contributed by atoms with van der Waals surface area (Å²) < 4.78 is 13.0. The predicted molar refractivity (Wildman–Crippen MR) is 98.6 cm³/mol. The zero-order valence-corrected chi connectivity index (χ0v) is 15.3. The topological polar surface area (TPSA) is 33.5 Å². The first-order valence-corrected chi connectivity index (χ1v) is 8.84. The third kappa shape index (κ3) is 6.67. The quantitative estimate of drug-likeness (QED) is 0.759. The summed E-state index contributed by atoms with van der Waals surface area (Å²) in [5.74, 6) is 0.294. The van der Waals surface area contributed by atoms with Gasteiger partial charge in [0.25, 0.3) is 5.91 Å². The maximum absolute atomic E-state index is 13.0. The second-order valence-corrected chi connectivity index (χ2v) is 7.10. The van der Waals surface area contributed by atoms with Gasteiger partial charge in [-0.25, -0.2) is 4.39 Å². The number of hydrogen-bond donors (Lipinski definition) is 2. The number of likely N-dealkylation sites (N-methyl/N-ethyl adjacent to an activating group) is 1. The van der Waals surface area contributed by atoms with Gasteiger partial charge in [0, 0.05) is 5.56 Å². The Kier molecular flexibility index (Phi) is 7.14. The van der Waals surface area contributed by atoms with Crippen molar-refractivity contribution in [2.24, 2.45) is 5.92 Å². The number of carbonyl (C=O) groups is 1. The monoisotopic (exact) mass is 343 g/mol. The third-order valence-corrected chi connectivity index (χ3v) is 4.13. The van der Waals surface area contributed by atoms with Gasteiger partial charge in [-0.15, -0.1) is 0 Å². The van der Waals surface area contributed by atoms with Crippen LogP contribution in [0.2, 0.25) is 0 Å². The van der Waals surface area contributed by atoms with Gasteiger partial charge in [-0.2, -0.15) is 0 Å². The number of hydrogen-bond acceptors (Lipinski definition) is 1. The van der Waals surface area contributed by atoms with E-state index in [0.717, 1.165) is 22.4 Å². The average Bonchev–Trinajstić information content (AvgIpc) is 2.56. The van der Waals surface area contributed by atoms with Crippen molar-refractivity contribution < 1.29 is 14.1 Å². The maximum Gasteiger partial charge on any atom is 0.275 e. The highest BCUT2D eigenvalue weighted by Gasteiger charge is 2.18. The van der Waals surface area contributed by atoms with Gasteiger partial charge in [0.2, 0.25) is 0 Å². The fourth-order valence-corrected chi connectivity index (χ4v) is 2.97.